The van der Waals surface area contributed by atoms with Crippen molar-refractivity contribution >= 4 is 6.09 Å². The first-order chi connectivity index (χ1) is 8.61. The molecule has 0 atom stereocenters. The summed E-state index contributed by atoms with van der Waals surface area (Å²) >= 11 is 0. The van der Waals surface area contributed by atoms with E-state index in [9.17, 15) is 4.79 Å². The van der Waals surface area contributed by atoms with Crippen LogP contribution >= 0.6 is 0 Å². The number of carbonyl (C=O) groups excluding carboxylic acids is 1. The lowest BCUT2D eigenvalue weighted by Crippen LogP contribution is -2.48. The number of methoxy groups -OCH3 is 1. The SMILES string of the molecule is COC(=O)N1CCN(Cc2c(C)noc2C)CC1. The van der Waals surface area contributed by atoms with E-state index in [2.05, 4.69) is 10.1 Å². The van der Waals surface area contributed by atoms with Gasteiger partial charge in [-0.05, 0) is 13.8 Å². The molecule has 1 amide bonds. The summed E-state index contributed by atoms with van der Waals surface area (Å²) in [5.74, 6) is 0.878. The lowest BCUT2D eigenvalue weighted by molar-refractivity contribution is 0.0887. The molecular formula is C12H19N3O3. The minimum absolute atomic E-state index is 0.244. The molecule has 0 radical (unpaired) electrons. The summed E-state index contributed by atoms with van der Waals surface area (Å²) in [5, 5.41) is 3.95. The summed E-state index contributed by atoms with van der Waals surface area (Å²) in [5.41, 5.74) is 2.10. The smallest absolute Gasteiger partial charge is 0.409 e. The van der Waals surface area contributed by atoms with Crippen LogP contribution < -0.4 is 0 Å². The number of aromatic nitrogens is 1. The van der Waals surface area contributed by atoms with Crippen molar-refractivity contribution in [3.05, 3.63) is 17.0 Å². The van der Waals surface area contributed by atoms with Crippen LogP contribution in [-0.4, -0.2) is 54.3 Å². The fraction of sp³-hybridized carbons (Fsp3) is 0.667. The van der Waals surface area contributed by atoms with Gasteiger partial charge in [0.1, 0.15) is 5.76 Å². The molecule has 6 nitrogen and oxygen atoms in total. The maximum Gasteiger partial charge on any atom is 0.409 e. The van der Waals surface area contributed by atoms with E-state index in [0.29, 0.717) is 13.1 Å². The first kappa shape index (κ1) is 12.9. The molecule has 1 aliphatic rings. The molecule has 2 heterocycles. The number of rotatable bonds is 2. The zero-order valence-electron chi connectivity index (χ0n) is 11.1. The van der Waals surface area contributed by atoms with Gasteiger partial charge in [-0.1, -0.05) is 5.16 Å². The van der Waals surface area contributed by atoms with Gasteiger partial charge >= 0.3 is 6.09 Å². The number of amides is 1. The molecule has 0 saturated carbocycles. The van der Waals surface area contributed by atoms with Gasteiger partial charge in [0.05, 0.1) is 12.8 Å². The van der Waals surface area contributed by atoms with Crippen LogP contribution in [-0.2, 0) is 11.3 Å². The van der Waals surface area contributed by atoms with Crippen LogP contribution in [0.4, 0.5) is 4.79 Å². The van der Waals surface area contributed by atoms with Gasteiger partial charge in [0.25, 0.3) is 0 Å². The van der Waals surface area contributed by atoms with Gasteiger partial charge in [-0.3, -0.25) is 4.90 Å². The fourth-order valence-electron chi connectivity index (χ4n) is 2.17. The van der Waals surface area contributed by atoms with Crippen molar-refractivity contribution in [3.8, 4) is 0 Å². The van der Waals surface area contributed by atoms with Gasteiger partial charge < -0.3 is 14.2 Å². The number of carbonyl (C=O) groups is 1. The number of aryl methyl sites for hydroxylation is 2. The zero-order valence-corrected chi connectivity index (χ0v) is 11.1. The molecular weight excluding hydrogens is 234 g/mol. The lowest BCUT2D eigenvalue weighted by atomic mass is 10.2. The van der Waals surface area contributed by atoms with Crippen molar-refractivity contribution in [2.75, 3.05) is 33.3 Å². The lowest BCUT2D eigenvalue weighted by Gasteiger charge is -2.33. The Morgan fingerprint density at radius 3 is 2.50 bits per heavy atom. The summed E-state index contributed by atoms with van der Waals surface area (Å²) in [7, 11) is 1.42. The Balaban J connectivity index is 1.89. The zero-order chi connectivity index (χ0) is 13.1. The summed E-state index contributed by atoms with van der Waals surface area (Å²) in [6, 6.07) is 0. The summed E-state index contributed by atoms with van der Waals surface area (Å²) < 4.78 is 9.86. The van der Waals surface area contributed by atoms with E-state index in [4.69, 9.17) is 9.26 Å². The van der Waals surface area contributed by atoms with Crippen molar-refractivity contribution in [2.45, 2.75) is 20.4 Å². The molecule has 0 spiro atoms. The molecule has 0 N–H and O–H groups in total. The van der Waals surface area contributed by atoms with Crippen LogP contribution in [0.25, 0.3) is 0 Å². The van der Waals surface area contributed by atoms with Gasteiger partial charge in [-0.25, -0.2) is 4.79 Å². The molecule has 2 rings (SSSR count). The maximum absolute atomic E-state index is 11.4. The van der Waals surface area contributed by atoms with Crippen LogP contribution in [0.1, 0.15) is 17.0 Å². The molecule has 1 fully saturated rings. The van der Waals surface area contributed by atoms with Gasteiger partial charge in [0, 0.05) is 38.3 Å². The average Bonchev–Trinajstić information content (AvgIpc) is 2.70. The second kappa shape index (κ2) is 5.39. The minimum Gasteiger partial charge on any atom is -0.453 e. The molecule has 1 aromatic heterocycles. The third-order valence-corrected chi connectivity index (χ3v) is 3.37. The first-order valence-electron chi connectivity index (χ1n) is 6.09. The first-order valence-corrected chi connectivity index (χ1v) is 6.09. The van der Waals surface area contributed by atoms with Gasteiger partial charge in [-0.2, -0.15) is 0 Å². The molecule has 1 aliphatic heterocycles. The van der Waals surface area contributed by atoms with Crippen LogP contribution in [0.15, 0.2) is 4.52 Å². The second-order valence-corrected chi connectivity index (χ2v) is 4.54. The summed E-state index contributed by atoms with van der Waals surface area (Å²) in [6.45, 7) is 7.82. The molecule has 0 unspecified atom stereocenters. The highest BCUT2D eigenvalue weighted by molar-refractivity contribution is 5.67. The predicted octanol–water partition coefficient (Wildman–Crippen LogP) is 1.18. The fourth-order valence-corrected chi connectivity index (χ4v) is 2.17. The molecule has 1 saturated heterocycles. The van der Waals surface area contributed by atoms with Crippen LogP contribution in [0.2, 0.25) is 0 Å². The Kier molecular flexibility index (Phi) is 3.86. The Morgan fingerprint density at radius 2 is 2.00 bits per heavy atom. The molecule has 0 bridgehead atoms. The van der Waals surface area contributed by atoms with Crippen molar-refractivity contribution in [1.82, 2.24) is 15.0 Å². The highest BCUT2D eigenvalue weighted by Crippen LogP contribution is 2.16. The third kappa shape index (κ3) is 2.64. The maximum atomic E-state index is 11.4. The quantitative estimate of drug-likeness (QED) is 0.792. The highest BCUT2D eigenvalue weighted by Gasteiger charge is 2.22. The van der Waals surface area contributed by atoms with Gasteiger partial charge in [-0.15, -0.1) is 0 Å². The van der Waals surface area contributed by atoms with Crippen molar-refractivity contribution < 1.29 is 14.1 Å². The van der Waals surface area contributed by atoms with E-state index in [1.54, 1.807) is 4.90 Å². The number of hydrogen-bond acceptors (Lipinski definition) is 5. The Bertz CT molecular complexity index is 403. The van der Waals surface area contributed by atoms with Crippen molar-refractivity contribution in [1.29, 1.82) is 0 Å². The van der Waals surface area contributed by atoms with Gasteiger partial charge in [0.2, 0.25) is 0 Å². The predicted molar refractivity (Wildman–Crippen MR) is 65.2 cm³/mol. The van der Waals surface area contributed by atoms with Gasteiger partial charge in [0.15, 0.2) is 0 Å². The van der Waals surface area contributed by atoms with Crippen molar-refractivity contribution in [2.24, 2.45) is 0 Å². The summed E-state index contributed by atoms with van der Waals surface area (Å²) in [4.78, 5) is 15.4. The number of nitrogens with zero attached hydrogens (tertiary/aromatic N) is 3. The highest BCUT2D eigenvalue weighted by atomic mass is 16.5. The standard InChI is InChI=1S/C12H19N3O3/c1-9-11(10(2)18-13-9)8-14-4-6-15(7-5-14)12(16)17-3/h4-8H2,1-3H3. The van der Waals surface area contributed by atoms with Crippen LogP contribution in [0.5, 0.6) is 0 Å². The van der Waals surface area contributed by atoms with E-state index >= 15 is 0 Å². The molecule has 18 heavy (non-hydrogen) atoms. The van der Waals surface area contributed by atoms with E-state index < -0.39 is 0 Å². The second-order valence-electron chi connectivity index (χ2n) is 4.54. The largest absolute Gasteiger partial charge is 0.453 e. The van der Waals surface area contributed by atoms with Crippen molar-refractivity contribution in [3.63, 3.8) is 0 Å². The Labute approximate surface area is 106 Å². The molecule has 1 aromatic rings. The number of hydrogen-bond donors (Lipinski definition) is 0. The topological polar surface area (TPSA) is 58.8 Å². The minimum atomic E-state index is -0.244. The molecule has 100 valence electrons. The van der Waals surface area contributed by atoms with E-state index in [1.165, 1.54) is 7.11 Å². The normalized spacial score (nSPS) is 16.9. The number of ether oxygens (including phenoxy) is 1. The average molecular weight is 253 g/mol. The molecule has 6 heteroatoms. The molecule has 0 aromatic carbocycles. The monoisotopic (exact) mass is 253 g/mol. The third-order valence-electron chi connectivity index (χ3n) is 3.37. The Hall–Kier alpha value is -1.56. The molecule has 0 aliphatic carbocycles. The van der Waals surface area contributed by atoms with E-state index in [1.807, 2.05) is 13.8 Å². The number of piperazine rings is 1. The Morgan fingerprint density at radius 1 is 1.33 bits per heavy atom. The van der Waals surface area contributed by atoms with E-state index in [0.717, 1.165) is 36.7 Å². The van der Waals surface area contributed by atoms with E-state index in [-0.39, 0.29) is 6.09 Å². The van der Waals surface area contributed by atoms with Crippen LogP contribution in [0.3, 0.4) is 0 Å². The summed E-state index contributed by atoms with van der Waals surface area (Å²) in [6.07, 6.45) is -0.244. The van der Waals surface area contributed by atoms with Crippen LogP contribution in [0, 0.1) is 13.8 Å².